The highest BCUT2D eigenvalue weighted by molar-refractivity contribution is 8.18. The number of esters is 1. The van der Waals surface area contributed by atoms with E-state index >= 15 is 0 Å². The van der Waals surface area contributed by atoms with E-state index in [4.69, 9.17) is 9.47 Å². The average molecular weight is 396 g/mol. The number of ether oxygens (including phenoxy) is 2. The lowest BCUT2D eigenvalue weighted by Crippen LogP contribution is -2.12. The average Bonchev–Trinajstić information content (AvgIpc) is 2.99. The van der Waals surface area contributed by atoms with Crippen LogP contribution in [0.15, 0.2) is 69.9 Å². The lowest BCUT2D eigenvalue weighted by Gasteiger charge is -2.05. The van der Waals surface area contributed by atoms with Crippen molar-refractivity contribution in [2.45, 2.75) is 13.8 Å². The fourth-order valence-electron chi connectivity index (χ4n) is 2.49. The van der Waals surface area contributed by atoms with E-state index in [1.54, 1.807) is 43.5 Å². The minimum absolute atomic E-state index is 0.0583. The van der Waals surface area contributed by atoms with Crippen LogP contribution in [0.2, 0.25) is 0 Å². The minimum atomic E-state index is -0.610. The molecule has 144 valence electrons. The van der Waals surface area contributed by atoms with Crippen LogP contribution >= 0.6 is 11.8 Å². The van der Waals surface area contributed by atoms with Gasteiger partial charge in [-0.15, -0.1) is 0 Å². The zero-order valence-corrected chi connectivity index (χ0v) is 16.4. The maximum absolute atomic E-state index is 12.4. The maximum atomic E-state index is 12.4. The lowest BCUT2D eigenvalue weighted by atomic mass is 10.2. The van der Waals surface area contributed by atoms with E-state index in [0.717, 1.165) is 5.75 Å². The van der Waals surface area contributed by atoms with Crippen LogP contribution < -0.4 is 4.74 Å². The monoisotopic (exact) mass is 396 g/mol. The van der Waals surface area contributed by atoms with Gasteiger partial charge in [0, 0.05) is 6.20 Å². The standard InChI is InChI=1S/C21H20N2O4S/c1-3-26-16-10-8-14(9-11-16)23-20-18(21(25)27-4-2)19(24)17(28-20)13-15-7-5-6-12-22-15/h5-13,24H,3-4H2,1-2H3/b17-13+,23-20?. The Morgan fingerprint density at radius 1 is 1.18 bits per heavy atom. The highest BCUT2D eigenvalue weighted by Gasteiger charge is 2.33. The second-order valence-electron chi connectivity index (χ2n) is 5.65. The predicted molar refractivity (Wildman–Crippen MR) is 111 cm³/mol. The number of aliphatic hydroxyl groups is 1. The van der Waals surface area contributed by atoms with E-state index in [-0.39, 0.29) is 17.9 Å². The summed E-state index contributed by atoms with van der Waals surface area (Å²) in [6.07, 6.45) is 3.37. The Morgan fingerprint density at radius 3 is 2.61 bits per heavy atom. The van der Waals surface area contributed by atoms with Crippen LogP contribution in [-0.4, -0.2) is 34.3 Å². The summed E-state index contributed by atoms with van der Waals surface area (Å²) in [6.45, 7) is 4.41. The van der Waals surface area contributed by atoms with Crippen molar-refractivity contribution in [2.24, 2.45) is 4.99 Å². The molecular formula is C21H20N2O4S. The van der Waals surface area contributed by atoms with E-state index in [2.05, 4.69) is 9.98 Å². The van der Waals surface area contributed by atoms with E-state index in [1.165, 1.54) is 11.8 Å². The number of aliphatic imine (C=N–C) groups is 1. The normalized spacial score (nSPS) is 16.6. The molecule has 1 aromatic carbocycles. The smallest absolute Gasteiger partial charge is 0.344 e. The van der Waals surface area contributed by atoms with Crippen molar-refractivity contribution in [3.8, 4) is 5.75 Å². The second-order valence-corrected chi connectivity index (χ2v) is 6.68. The SMILES string of the molecule is CCOC(=O)C1=C(O)/C(=C\c2ccccn2)SC1=Nc1ccc(OCC)cc1. The maximum Gasteiger partial charge on any atom is 0.344 e. The number of thioether (sulfide) groups is 1. The molecule has 6 nitrogen and oxygen atoms in total. The highest BCUT2D eigenvalue weighted by Crippen LogP contribution is 2.40. The van der Waals surface area contributed by atoms with E-state index < -0.39 is 5.97 Å². The summed E-state index contributed by atoms with van der Waals surface area (Å²) >= 11 is 1.20. The third-order valence-electron chi connectivity index (χ3n) is 3.72. The van der Waals surface area contributed by atoms with Gasteiger partial charge in [0.1, 0.15) is 22.1 Å². The molecular weight excluding hydrogens is 376 g/mol. The zero-order chi connectivity index (χ0) is 19.9. The third kappa shape index (κ3) is 4.61. The van der Waals surface area contributed by atoms with Crippen molar-refractivity contribution in [1.29, 1.82) is 0 Å². The van der Waals surface area contributed by atoms with Crippen molar-refractivity contribution >= 4 is 34.5 Å². The van der Waals surface area contributed by atoms with E-state index in [0.29, 0.717) is 27.9 Å². The molecule has 1 aliphatic heterocycles. The number of carbonyl (C=O) groups excluding carboxylic acids is 1. The van der Waals surface area contributed by atoms with Crippen LogP contribution in [-0.2, 0) is 9.53 Å². The largest absolute Gasteiger partial charge is 0.506 e. The molecule has 0 unspecified atom stereocenters. The molecule has 7 heteroatoms. The fraction of sp³-hybridized carbons (Fsp3) is 0.190. The van der Waals surface area contributed by atoms with Crippen LogP contribution in [0.3, 0.4) is 0 Å². The summed E-state index contributed by atoms with van der Waals surface area (Å²) in [4.78, 5) is 21.6. The Morgan fingerprint density at radius 2 is 1.96 bits per heavy atom. The van der Waals surface area contributed by atoms with Gasteiger partial charge < -0.3 is 14.6 Å². The Bertz CT molecular complexity index is 935. The number of benzene rings is 1. The van der Waals surface area contributed by atoms with Gasteiger partial charge in [-0.05, 0) is 56.3 Å². The van der Waals surface area contributed by atoms with E-state index in [1.807, 2.05) is 25.1 Å². The van der Waals surface area contributed by atoms with Crippen LogP contribution in [0, 0.1) is 0 Å². The van der Waals surface area contributed by atoms with Crippen LogP contribution in [0.25, 0.3) is 6.08 Å². The number of aromatic nitrogens is 1. The molecule has 0 fully saturated rings. The van der Waals surface area contributed by atoms with Gasteiger partial charge in [-0.2, -0.15) is 0 Å². The molecule has 0 saturated heterocycles. The first-order chi connectivity index (χ1) is 13.6. The summed E-state index contributed by atoms with van der Waals surface area (Å²) < 4.78 is 10.5. The van der Waals surface area contributed by atoms with Gasteiger partial charge in [-0.3, -0.25) is 4.98 Å². The van der Waals surface area contributed by atoms with Crippen molar-refractivity contribution in [2.75, 3.05) is 13.2 Å². The Kier molecular flexibility index (Phi) is 6.49. The quantitative estimate of drug-likeness (QED) is 0.715. The first-order valence-electron chi connectivity index (χ1n) is 8.85. The summed E-state index contributed by atoms with van der Waals surface area (Å²) in [7, 11) is 0. The molecule has 0 atom stereocenters. The molecule has 0 amide bonds. The second kappa shape index (κ2) is 9.23. The molecule has 2 aromatic rings. The molecule has 1 aliphatic rings. The van der Waals surface area contributed by atoms with Crippen LogP contribution in [0.4, 0.5) is 5.69 Å². The van der Waals surface area contributed by atoms with Crippen LogP contribution in [0.1, 0.15) is 19.5 Å². The van der Waals surface area contributed by atoms with Gasteiger partial charge in [0.05, 0.1) is 29.5 Å². The molecule has 3 rings (SSSR count). The summed E-state index contributed by atoms with van der Waals surface area (Å²) in [5.41, 5.74) is 1.37. The molecule has 0 bridgehead atoms. The number of hydrogen-bond acceptors (Lipinski definition) is 7. The van der Waals surface area contributed by atoms with Crippen LogP contribution in [0.5, 0.6) is 5.75 Å². The molecule has 2 heterocycles. The molecule has 1 N–H and O–H groups in total. The predicted octanol–water partition coefficient (Wildman–Crippen LogP) is 4.67. The Hall–Kier alpha value is -3.06. The van der Waals surface area contributed by atoms with Crippen molar-refractivity contribution < 1.29 is 19.4 Å². The van der Waals surface area contributed by atoms with E-state index in [9.17, 15) is 9.90 Å². The molecule has 0 saturated carbocycles. The summed E-state index contributed by atoms with van der Waals surface area (Å²) in [6, 6.07) is 12.7. The highest BCUT2D eigenvalue weighted by atomic mass is 32.2. The van der Waals surface area contributed by atoms with Gasteiger partial charge in [0.25, 0.3) is 0 Å². The van der Waals surface area contributed by atoms with Gasteiger partial charge in [0.15, 0.2) is 0 Å². The first-order valence-corrected chi connectivity index (χ1v) is 9.67. The molecule has 28 heavy (non-hydrogen) atoms. The molecule has 0 aliphatic carbocycles. The van der Waals surface area contributed by atoms with Gasteiger partial charge in [-0.25, -0.2) is 9.79 Å². The number of hydrogen-bond donors (Lipinski definition) is 1. The van der Waals surface area contributed by atoms with Crippen molar-refractivity contribution in [3.05, 3.63) is 70.6 Å². The number of pyridine rings is 1. The number of nitrogens with zero attached hydrogens (tertiary/aromatic N) is 2. The van der Waals surface area contributed by atoms with Gasteiger partial charge >= 0.3 is 5.97 Å². The number of rotatable bonds is 6. The van der Waals surface area contributed by atoms with Gasteiger partial charge in [-0.1, -0.05) is 17.8 Å². The minimum Gasteiger partial charge on any atom is -0.506 e. The molecule has 0 radical (unpaired) electrons. The first kappa shape index (κ1) is 19.7. The Balaban J connectivity index is 1.97. The Labute approximate surface area is 167 Å². The summed E-state index contributed by atoms with van der Waals surface area (Å²) in [5.74, 6) is -0.0225. The lowest BCUT2D eigenvalue weighted by molar-refractivity contribution is -0.138. The molecule has 0 spiro atoms. The number of aliphatic hydroxyl groups excluding tert-OH is 1. The fourth-order valence-corrected chi connectivity index (χ4v) is 3.51. The topological polar surface area (TPSA) is 81.0 Å². The summed E-state index contributed by atoms with van der Waals surface area (Å²) in [5, 5.41) is 11.0. The third-order valence-corrected chi connectivity index (χ3v) is 4.74. The van der Waals surface area contributed by atoms with Gasteiger partial charge in [0.2, 0.25) is 0 Å². The molecule has 1 aromatic heterocycles. The number of carbonyl (C=O) groups is 1. The van der Waals surface area contributed by atoms with Crippen molar-refractivity contribution in [3.63, 3.8) is 0 Å². The van der Waals surface area contributed by atoms with Crippen molar-refractivity contribution in [1.82, 2.24) is 4.98 Å². The zero-order valence-electron chi connectivity index (χ0n) is 15.6.